The first-order valence-electron chi connectivity index (χ1n) is 6.04. The predicted octanol–water partition coefficient (Wildman–Crippen LogP) is 3.07. The predicted molar refractivity (Wildman–Crippen MR) is 76.2 cm³/mol. The molecule has 0 aliphatic heterocycles. The minimum Gasteiger partial charge on any atom is -0.478 e. The van der Waals surface area contributed by atoms with Crippen molar-refractivity contribution in [2.75, 3.05) is 5.32 Å². The van der Waals surface area contributed by atoms with E-state index in [4.69, 9.17) is 5.11 Å². The molecule has 1 heterocycles. The molecule has 3 rings (SSSR count). The topological polar surface area (TPSA) is 75.1 Å². The molecule has 5 heteroatoms. The fourth-order valence-electron chi connectivity index (χ4n) is 1.95. The van der Waals surface area contributed by atoms with Gasteiger partial charge in [0.15, 0.2) is 0 Å². The lowest BCUT2D eigenvalue weighted by atomic mass is 10.1. The van der Waals surface area contributed by atoms with Gasteiger partial charge in [0.05, 0.1) is 11.1 Å². The lowest BCUT2D eigenvalue weighted by Gasteiger charge is -2.08. The van der Waals surface area contributed by atoms with Gasteiger partial charge < -0.3 is 10.4 Å². The Morgan fingerprint density at radius 1 is 1.05 bits per heavy atom. The van der Waals surface area contributed by atoms with Crippen LogP contribution in [0.3, 0.4) is 0 Å². The number of nitrogens with zero attached hydrogens (tertiary/aromatic N) is 2. The zero-order chi connectivity index (χ0) is 13.9. The van der Waals surface area contributed by atoms with Gasteiger partial charge in [-0.25, -0.2) is 14.8 Å². The summed E-state index contributed by atoms with van der Waals surface area (Å²) in [6.07, 6.45) is 1.42. The van der Waals surface area contributed by atoms with Gasteiger partial charge >= 0.3 is 5.97 Å². The number of para-hydroxylation sites is 1. The Labute approximate surface area is 114 Å². The van der Waals surface area contributed by atoms with E-state index >= 15 is 0 Å². The van der Waals surface area contributed by atoms with Crippen molar-refractivity contribution >= 4 is 28.4 Å². The second kappa shape index (κ2) is 4.97. The van der Waals surface area contributed by atoms with Gasteiger partial charge in [0.1, 0.15) is 12.1 Å². The molecular formula is C15H11N3O2. The number of hydrogen-bond acceptors (Lipinski definition) is 4. The number of rotatable bonds is 3. The van der Waals surface area contributed by atoms with Gasteiger partial charge in [-0.1, -0.05) is 18.2 Å². The van der Waals surface area contributed by atoms with E-state index in [1.54, 1.807) is 12.1 Å². The Balaban J connectivity index is 2.06. The van der Waals surface area contributed by atoms with E-state index in [9.17, 15) is 4.79 Å². The van der Waals surface area contributed by atoms with Crippen LogP contribution in [0.4, 0.5) is 11.5 Å². The van der Waals surface area contributed by atoms with Crippen LogP contribution in [-0.4, -0.2) is 21.0 Å². The summed E-state index contributed by atoms with van der Waals surface area (Å²) in [6.45, 7) is 0. The van der Waals surface area contributed by atoms with Crippen molar-refractivity contribution in [3.8, 4) is 0 Å². The van der Waals surface area contributed by atoms with Gasteiger partial charge in [0.25, 0.3) is 0 Å². The molecule has 0 aliphatic rings. The molecule has 5 nitrogen and oxygen atoms in total. The summed E-state index contributed by atoms with van der Waals surface area (Å²) >= 11 is 0. The van der Waals surface area contributed by atoms with Crippen molar-refractivity contribution in [1.29, 1.82) is 0 Å². The van der Waals surface area contributed by atoms with Gasteiger partial charge in [-0.2, -0.15) is 0 Å². The average Bonchev–Trinajstić information content (AvgIpc) is 2.48. The van der Waals surface area contributed by atoms with E-state index in [-0.39, 0.29) is 5.56 Å². The molecule has 0 bridgehead atoms. The third kappa shape index (κ3) is 2.29. The van der Waals surface area contributed by atoms with Crippen LogP contribution in [0, 0.1) is 0 Å². The molecule has 1 aromatic heterocycles. The summed E-state index contributed by atoms with van der Waals surface area (Å²) in [5, 5.41) is 13.0. The number of carboxylic acid groups (broad SMARTS) is 1. The molecule has 0 radical (unpaired) electrons. The summed E-state index contributed by atoms with van der Waals surface area (Å²) < 4.78 is 0. The summed E-state index contributed by atoms with van der Waals surface area (Å²) in [6, 6.07) is 14.4. The molecule has 3 aromatic rings. The number of hydrogen-bond donors (Lipinski definition) is 2. The van der Waals surface area contributed by atoms with E-state index < -0.39 is 5.97 Å². The Bertz CT molecular complexity index is 772. The number of anilines is 2. The van der Waals surface area contributed by atoms with Gasteiger partial charge in [-0.3, -0.25) is 0 Å². The van der Waals surface area contributed by atoms with Crippen LogP contribution in [-0.2, 0) is 0 Å². The normalized spacial score (nSPS) is 10.4. The molecule has 0 atom stereocenters. The number of fused-ring (bicyclic) bond motifs is 1. The minimum absolute atomic E-state index is 0.210. The molecule has 0 saturated carbocycles. The lowest BCUT2D eigenvalue weighted by molar-refractivity contribution is 0.0697. The maximum atomic E-state index is 11.0. The summed E-state index contributed by atoms with van der Waals surface area (Å²) in [7, 11) is 0. The molecule has 98 valence electrons. The molecule has 0 saturated heterocycles. The number of aromatic carboxylic acids is 1. The molecule has 0 unspecified atom stereocenters. The van der Waals surface area contributed by atoms with E-state index in [1.165, 1.54) is 12.4 Å². The van der Waals surface area contributed by atoms with Gasteiger partial charge in [-0.15, -0.1) is 0 Å². The monoisotopic (exact) mass is 265 g/mol. The Morgan fingerprint density at radius 3 is 2.60 bits per heavy atom. The second-order valence-electron chi connectivity index (χ2n) is 4.25. The first kappa shape index (κ1) is 12.1. The van der Waals surface area contributed by atoms with Crippen molar-refractivity contribution in [3.63, 3.8) is 0 Å². The van der Waals surface area contributed by atoms with E-state index in [0.717, 1.165) is 11.1 Å². The highest BCUT2D eigenvalue weighted by Gasteiger charge is 2.08. The average molecular weight is 265 g/mol. The highest BCUT2D eigenvalue weighted by atomic mass is 16.4. The van der Waals surface area contributed by atoms with Gasteiger partial charge in [0.2, 0.25) is 0 Å². The zero-order valence-electron chi connectivity index (χ0n) is 10.4. The van der Waals surface area contributed by atoms with Crippen molar-refractivity contribution in [2.45, 2.75) is 0 Å². The highest BCUT2D eigenvalue weighted by Crippen LogP contribution is 2.23. The van der Waals surface area contributed by atoms with Gasteiger partial charge in [0, 0.05) is 11.1 Å². The summed E-state index contributed by atoms with van der Waals surface area (Å²) in [5.41, 5.74) is 1.72. The maximum Gasteiger partial charge on any atom is 0.335 e. The molecule has 2 aromatic carbocycles. The largest absolute Gasteiger partial charge is 0.478 e. The molecule has 0 amide bonds. The second-order valence-corrected chi connectivity index (χ2v) is 4.25. The molecule has 0 fully saturated rings. The summed E-state index contributed by atoms with van der Waals surface area (Å²) in [5.74, 6) is -0.318. The smallest absolute Gasteiger partial charge is 0.335 e. The van der Waals surface area contributed by atoms with E-state index in [0.29, 0.717) is 11.3 Å². The molecule has 20 heavy (non-hydrogen) atoms. The van der Waals surface area contributed by atoms with Crippen molar-refractivity contribution in [3.05, 3.63) is 60.4 Å². The lowest BCUT2D eigenvalue weighted by Crippen LogP contribution is -1.99. The zero-order valence-corrected chi connectivity index (χ0v) is 10.4. The number of aromatic nitrogens is 2. The molecular weight excluding hydrogens is 254 g/mol. The quantitative estimate of drug-likeness (QED) is 0.761. The van der Waals surface area contributed by atoms with Crippen molar-refractivity contribution in [1.82, 2.24) is 9.97 Å². The van der Waals surface area contributed by atoms with Crippen LogP contribution >= 0.6 is 0 Å². The Morgan fingerprint density at radius 2 is 1.85 bits per heavy atom. The standard InChI is InChI=1S/C15H11N3O2/c19-15(20)10-6-7-12-13(8-10)16-9-17-14(12)18-11-4-2-1-3-5-11/h1-9H,(H,19,20)(H,16,17,18). The Hall–Kier alpha value is -2.95. The van der Waals surface area contributed by atoms with E-state index in [1.807, 2.05) is 30.3 Å². The first-order valence-corrected chi connectivity index (χ1v) is 6.04. The van der Waals surface area contributed by atoms with E-state index in [2.05, 4.69) is 15.3 Å². The molecule has 2 N–H and O–H groups in total. The number of nitrogens with one attached hydrogen (secondary N) is 1. The number of carboxylic acids is 1. The van der Waals surface area contributed by atoms with Crippen LogP contribution < -0.4 is 5.32 Å². The fraction of sp³-hybridized carbons (Fsp3) is 0. The van der Waals surface area contributed by atoms with Crippen LogP contribution in [0.15, 0.2) is 54.9 Å². The Kier molecular flexibility index (Phi) is 3.01. The summed E-state index contributed by atoms with van der Waals surface area (Å²) in [4.78, 5) is 19.3. The minimum atomic E-state index is -0.969. The van der Waals surface area contributed by atoms with Crippen LogP contribution in [0.25, 0.3) is 10.9 Å². The SMILES string of the molecule is O=C(O)c1ccc2c(Nc3ccccc3)ncnc2c1. The van der Waals surface area contributed by atoms with Crippen molar-refractivity contribution in [2.24, 2.45) is 0 Å². The number of carbonyl (C=O) groups is 1. The van der Waals surface area contributed by atoms with Crippen LogP contribution in [0.1, 0.15) is 10.4 Å². The number of benzene rings is 2. The molecule has 0 spiro atoms. The molecule has 0 aliphatic carbocycles. The van der Waals surface area contributed by atoms with Crippen LogP contribution in [0.2, 0.25) is 0 Å². The van der Waals surface area contributed by atoms with Crippen molar-refractivity contribution < 1.29 is 9.90 Å². The van der Waals surface area contributed by atoms with Crippen LogP contribution in [0.5, 0.6) is 0 Å². The highest BCUT2D eigenvalue weighted by molar-refractivity contribution is 5.97. The third-order valence-corrected chi connectivity index (χ3v) is 2.92. The first-order chi connectivity index (χ1) is 9.74. The maximum absolute atomic E-state index is 11.0. The van der Waals surface area contributed by atoms with Gasteiger partial charge in [-0.05, 0) is 30.3 Å². The third-order valence-electron chi connectivity index (χ3n) is 2.92. The fourth-order valence-corrected chi connectivity index (χ4v) is 1.95.